The van der Waals surface area contributed by atoms with Crippen LogP contribution in [0.4, 0.5) is 5.82 Å². The SMILES string of the molecule is COc1ccc(/C(C)=N/Nc2nccnc2Cl)cc1. The number of hydrogen-bond donors (Lipinski definition) is 1. The Labute approximate surface area is 116 Å². The van der Waals surface area contributed by atoms with E-state index in [1.807, 2.05) is 31.2 Å². The van der Waals surface area contributed by atoms with Crippen molar-refractivity contribution in [3.8, 4) is 5.75 Å². The quantitative estimate of drug-likeness (QED) is 0.689. The minimum absolute atomic E-state index is 0.286. The van der Waals surface area contributed by atoms with Crippen LogP contribution in [0.3, 0.4) is 0 Å². The smallest absolute Gasteiger partial charge is 0.184 e. The molecule has 0 spiro atoms. The van der Waals surface area contributed by atoms with E-state index in [4.69, 9.17) is 16.3 Å². The third kappa shape index (κ3) is 3.42. The molecule has 19 heavy (non-hydrogen) atoms. The monoisotopic (exact) mass is 276 g/mol. The summed E-state index contributed by atoms with van der Waals surface area (Å²) in [6.45, 7) is 1.89. The highest BCUT2D eigenvalue weighted by atomic mass is 35.5. The summed E-state index contributed by atoms with van der Waals surface area (Å²) in [7, 11) is 1.63. The van der Waals surface area contributed by atoms with Crippen LogP contribution in [-0.2, 0) is 0 Å². The van der Waals surface area contributed by atoms with Gasteiger partial charge in [0.15, 0.2) is 11.0 Å². The van der Waals surface area contributed by atoms with Gasteiger partial charge in [-0.2, -0.15) is 5.10 Å². The standard InChI is InChI=1S/C13H13ClN4O/c1-9(10-3-5-11(19-2)6-4-10)17-18-13-12(14)15-7-8-16-13/h3-8H,1-2H3,(H,16,18)/b17-9+. The van der Waals surface area contributed by atoms with Gasteiger partial charge < -0.3 is 4.74 Å². The predicted octanol–water partition coefficient (Wildman–Crippen LogP) is 2.97. The molecule has 0 atom stereocenters. The average Bonchev–Trinajstić information content (AvgIpc) is 2.46. The number of ether oxygens (including phenoxy) is 1. The van der Waals surface area contributed by atoms with Gasteiger partial charge in [-0.1, -0.05) is 11.6 Å². The van der Waals surface area contributed by atoms with Gasteiger partial charge in [0.05, 0.1) is 12.8 Å². The second kappa shape index (κ2) is 6.15. The van der Waals surface area contributed by atoms with Crippen LogP contribution < -0.4 is 10.2 Å². The van der Waals surface area contributed by atoms with Crippen LogP contribution in [-0.4, -0.2) is 22.8 Å². The molecule has 0 saturated carbocycles. The molecule has 1 heterocycles. The maximum Gasteiger partial charge on any atom is 0.184 e. The number of rotatable bonds is 4. The Kier molecular flexibility index (Phi) is 4.30. The molecule has 2 aromatic rings. The summed E-state index contributed by atoms with van der Waals surface area (Å²) < 4.78 is 5.10. The molecule has 1 N–H and O–H groups in total. The molecule has 0 aliphatic heterocycles. The van der Waals surface area contributed by atoms with E-state index >= 15 is 0 Å². The fraction of sp³-hybridized carbons (Fsp3) is 0.154. The van der Waals surface area contributed by atoms with E-state index < -0.39 is 0 Å². The number of benzene rings is 1. The van der Waals surface area contributed by atoms with Gasteiger partial charge in [0.25, 0.3) is 0 Å². The molecule has 0 amide bonds. The molecule has 98 valence electrons. The fourth-order valence-corrected chi connectivity index (χ4v) is 1.58. The van der Waals surface area contributed by atoms with Crippen LogP contribution in [0.1, 0.15) is 12.5 Å². The van der Waals surface area contributed by atoms with Crippen LogP contribution in [0.25, 0.3) is 0 Å². The lowest BCUT2D eigenvalue weighted by molar-refractivity contribution is 0.415. The summed E-state index contributed by atoms with van der Waals surface area (Å²) in [5.74, 6) is 1.23. The van der Waals surface area contributed by atoms with Crippen LogP contribution in [0.2, 0.25) is 5.15 Å². The number of nitrogens with one attached hydrogen (secondary N) is 1. The van der Waals surface area contributed by atoms with E-state index in [-0.39, 0.29) is 5.15 Å². The highest BCUT2D eigenvalue weighted by molar-refractivity contribution is 6.31. The van der Waals surface area contributed by atoms with Gasteiger partial charge in [-0.15, -0.1) is 0 Å². The Bertz CT molecular complexity index is 583. The van der Waals surface area contributed by atoms with Crippen LogP contribution in [0.15, 0.2) is 41.8 Å². The molecule has 0 fully saturated rings. The summed E-state index contributed by atoms with van der Waals surface area (Å²) in [5, 5.41) is 4.51. The first-order valence-electron chi connectivity index (χ1n) is 5.62. The Balaban J connectivity index is 2.12. The van der Waals surface area contributed by atoms with Crippen LogP contribution >= 0.6 is 11.6 Å². The van der Waals surface area contributed by atoms with Crippen molar-refractivity contribution in [1.29, 1.82) is 0 Å². The molecule has 0 radical (unpaired) electrons. The molecular weight excluding hydrogens is 264 g/mol. The summed E-state index contributed by atoms with van der Waals surface area (Å²) in [5.41, 5.74) is 4.58. The lowest BCUT2D eigenvalue weighted by Gasteiger charge is -2.05. The first kappa shape index (κ1) is 13.3. The highest BCUT2D eigenvalue weighted by Gasteiger charge is 2.01. The molecule has 1 aromatic heterocycles. The minimum atomic E-state index is 0.286. The zero-order chi connectivity index (χ0) is 13.7. The number of hydrazone groups is 1. The number of aromatic nitrogens is 2. The van der Waals surface area contributed by atoms with Crippen molar-refractivity contribution in [2.75, 3.05) is 12.5 Å². The molecule has 0 bridgehead atoms. The van der Waals surface area contributed by atoms with Gasteiger partial charge in [-0.25, -0.2) is 9.97 Å². The molecule has 5 nitrogen and oxygen atoms in total. The van der Waals surface area contributed by atoms with Gasteiger partial charge in [0.2, 0.25) is 0 Å². The third-order valence-electron chi connectivity index (χ3n) is 2.49. The van der Waals surface area contributed by atoms with E-state index in [0.29, 0.717) is 5.82 Å². The molecule has 1 aromatic carbocycles. The Hall–Kier alpha value is -2.14. The molecular formula is C13H13ClN4O. The molecule has 6 heteroatoms. The number of nitrogens with zero attached hydrogens (tertiary/aromatic N) is 3. The Morgan fingerprint density at radius 2 is 1.89 bits per heavy atom. The number of anilines is 1. The summed E-state index contributed by atoms with van der Waals surface area (Å²) in [6, 6.07) is 7.61. The Morgan fingerprint density at radius 1 is 1.21 bits per heavy atom. The van der Waals surface area contributed by atoms with Crippen molar-refractivity contribution < 1.29 is 4.74 Å². The van der Waals surface area contributed by atoms with Gasteiger partial charge in [0, 0.05) is 12.4 Å². The van der Waals surface area contributed by atoms with Crippen molar-refractivity contribution >= 4 is 23.1 Å². The minimum Gasteiger partial charge on any atom is -0.497 e. The first-order chi connectivity index (χ1) is 9.20. The van der Waals surface area contributed by atoms with E-state index in [0.717, 1.165) is 17.0 Å². The van der Waals surface area contributed by atoms with Crippen molar-refractivity contribution in [3.63, 3.8) is 0 Å². The maximum absolute atomic E-state index is 5.87. The Morgan fingerprint density at radius 3 is 2.53 bits per heavy atom. The molecule has 2 rings (SSSR count). The van der Waals surface area contributed by atoms with Gasteiger partial charge in [-0.3, -0.25) is 5.43 Å². The topological polar surface area (TPSA) is 59.4 Å². The summed E-state index contributed by atoms with van der Waals surface area (Å²) in [6.07, 6.45) is 3.07. The van der Waals surface area contributed by atoms with E-state index in [2.05, 4.69) is 20.5 Å². The number of methoxy groups -OCH3 is 1. The molecule has 0 saturated heterocycles. The number of halogens is 1. The van der Waals surface area contributed by atoms with E-state index in [9.17, 15) is 0 Å². The second-order valence-electron chi connectivity index (χ2n) is 3.73. The van der Waals surface area contributed by atoms with Crippen molar-refractivity contribution in [1.82, 2.24) is 9.97 Å². The fourth-order valence-electron chi connectivity index (χ4n) is 1.43. The third-order valence-corrected chi connectivity index (χ3v) is 2.77. The lowest BCUT2D eigenvalue weighted by atomic mass is 10.1. The zero-order valence-electron chi connectivity index (χ0n) is 10.6. The number of hydrogen-bond acceptors (Lipinski definition) is 5. The van der Waals surface area contributed by atoms with Crippen LogP contribution in [0.5, 0.6) is 5.75 Å². The normalized spacial score (nSPS) is 11.2. The molecule has 0 unspecified atom stereocenters. The van der Waals surface area contributed by atoms with Gasteiger partial charge in [-0.05, 0) is 36.8 Å². The first-order valence-corrected chi connectivity index (χ1v) is 5.99. The second-order valence-corrected chi connectivity index (χ2v) is 4.09. The van der Waals surface area contributed by atoms with Gasteiger partial charge in [0.1, 0.15) is 5.75 Å². The van der Waals surface area contributed by atoms with Crippen molar-refractivity contribution in [2.24, 2.45) is 5.10 Å². The molecule has 0 aliphatic carbocycles. The lowest BCUT2D eigenvalue weighted by Crippen LogP contribution is -2.01. The summed E-state index contributed by atoms with van der Waals surface area (Å²) in [4.78, 5) is 7.95. The highest BCUT2D eigenvalue weighted by Crippen LogP contribution is 2.15. The van der Waals surface area contributed by atoms with E-state index in [1.54, 1.807) is 13.3 Å². The molecule has 0 aliphatic rings. The van der Waals surface area contributed by atoms with Crippen LogP contribution in [0, 0.1) is 0 Å². The summed E-state index contributed by atoms with van der Waals surface area (Å²) >= 11 is 5.87. The average molecular weight is 277 g/mol. The van der Waals surface area contributed by atoms with E-state index in [1.165, 1.54) is 6.20 Å². The largest absolute Gasteiger partial charge is 0.497 e. The zero-order valence-corrected chi connectivity index (χ0v) is 11.3. The predicted molar refractivity (Wildman–Crippen MR) is 75.9 cm³/mol. The maximum atomic E-state index is 5.87. The van der Waals surface area contributed by atoms with Crippen molar-refractivity contribution in [3.05, 3.63) is 47.4 Å². The van der Waals surface area contributed by atoms with Crippen molar-refractivity contribution in [2.45, 2.75) is 6.92 Å². The van der Waals surface area contributed by atoms with Gasteiger partial charge >= 0.3 is 0 Å².